The van der Waals surface area contributed by atoms with Gasteiger partial charge in [0.05, 0.1) is 11.0 Å². The number of alkyl halides is 4. The van der Waals surface area contributed by atoms with Gasteiger partial charge in [-0.25, -0.2) is 4.68 Å². The van der Waals surface area contributed by atoms with Gasteiger partial charge in [-0.2, -0.15) is 13.2 Å². The van der Waals surface area contributed by atoms with Crippen LogP contribution in [0.1, 0.15) is 5.82 Å². The number of hydrogen-bond donors (Lipinski definition) is 1. The molecule has 22 heavy (non-hydrogen) atoms. The van der Waals surface area contributed by atoms with Crippen LogP contribution >= 0.6 is 23.4 Å². The van der Waals surface area contributed by atoms with Crippen LogP contribution < -0.4 is 5.73 Å². The Morgan fingerprint density at radius 2 is 2.14 bits per heavy atom. The smallest absolute Gasteiger partial charge is 0.366 e. The van der Waals surface area contributed by atoms with Crippen LogP contribution in [0.3, 0.4) is 0 Å². The van der Waals surface area contributed by atoms with Gasteiger partial charge in [-0.05, 0) is 16.7 Å². The number of nitrogens with two attached hydrogens (primary N) is 1. The lowest BCUT2D eigenvalue weighted by atomic mass is 9.84. The van der Waals surface area contributed by atoms with Crippen LogP contribution in [0, 0.1) is 0 Å². The predicted octanol–water partition coefficient (Wildman–Crippen LogP) is 1.29. The van der Waals surface area contributed by atoms with Gasteiger partial charge in [0.1, 0.15) is 4.75 Å². The van der Waals surface area contributed by atoms with E-state index < -0.39 is 27.8 Å². The maximum absolute atomic E-state index is 13.5. The van der Waals surface area contributed by atoms with Gasteiger partial charge in [-0.1, -0.05) is 12.2 Å². The van der Waals surface area contributed by atoms with Crippen molar-refractivity contribution >= 4 is 29.3 Å². The fourth-order valence-electron chi connectivity index (χ4n) is 2.33. The Morgan fingerprint density at radius 3 is 2.55 bits per heavy atom. The van der Waals surface area contributed by atoms with Crippen LogP contribution in [0.2, 0.25) is 0 Å². The summed E-state index contributed by atoms with van der Waals surface area (Å²) in [5.41, 5.74) is 4.13. The van der Waals surface area contributed by atoms with E-state index in [0.717, 1.165) is 28.6 Å². The summed E-state index contributed by atoms with van der Waals surface area (Å²) in [6.45, 7) is 0. The third-order valence-corrected chi connectivity index (χ3v) is 5.30. The first-order chi connectivity index (χ1) is 10.2. The minimum atomic E-state index is -4.68. The third-order valence-electron chi connectivity index (χ3n) is 3.32. The zero-order valence-corrected chi connectivity index (χ0v) is 13.0. The Morgan fingerprint density at radius 1 is 1.50 bits per heavy atom. The highest BCUT2D eigenvalue weighted by Gasteiger charge is 2.58. The van der Waals surface area contributed by atoms with Gasteiger partial charge < -0.3 is 5.73 Å². The quantitative estimate of drug-likeness (QED) is 0.827. The maximum Gasteiger partial charge on any atom is 0.414 e. The summed E-state index contributed by atoms with van der Waals surface area (Å²) in [5, 5.41) is 9.23. The highest BCUT2D eigenvalue weighted by atomic mass is 35.5. The average Bonchev–Trinajstić information content (AvgIpc) is 2.83. The molecule has 1 aromatic heterocycles. The Bertz CT molecular complexity index is 671. The van der Waals surface area contributed by atoms with E-state index in [9.17, 15) is 18.0 Å². The third kappa shape index (κ3) is 2.39. The van der Waals surface area contributed by atoms with Gasteiger partial charge >= 0.3 is 6.18 Å². The highest BCUT2D eigenvalue weighted by Crippen LogP contribution is 2.54. The van der Waals surface area contributed by atoms with E-state index in [4.69, 9.17) is 17.3 Å². The number of primary amides is 1. The van der Waals surface area contributed by atoms with E-state index in [2.05, 4.69) is 15.5 Å². The molecule has 2 atom stereocenters. The number of carbonyl (C=O) groups is 1. The second kappa shape index (κ2) is 5.58. The van der Waals surface area contributed by atoms with Gasteiger partial charge in [0.2, 0.25) is 5.91 Å². The molecule has 0 radical (unpaired) electrons. The molecule has 120 valence electrons. The first-order valence-electron chi connectivity index (χ1n) is 5.87. The molecule has 11 heteroatoms. The molecule has 0 saturated carbocycles. The van der Waals surface area contributed by atoms with Crippen molar-refractivity contribution in [2.75, 3.05) is 6.26 Å². The number of tetrazole rings is 1. The molecule has 0 spiro atoms. The SMILES string of the molecule is CSC1(c2nnnn2C)C(C(F)(F)F)=CC=C(C(N)=O)C1Cl. The van der Waals surface area contributed by atoms with Gasteiger partial charge in [0.25, 0.3) is 0 Å². The van der Waals surface area contributed by atoms with Crippen molar-refractivity contribution in [1.82, 2.24) is 20.2 Å². The lowest BCUT2D eigenvalue weighted by molar-refractivity contribution is -0.115. The fourth-order valence-corrected chi connectivity index (χ4v) is 4.09. The summed E-state index contributed by atoms with van der Waals surface area (Å²) in [5.74, 6) is -1.01. The summed E-state index contributed by atoms with van der Waals surface area (Å²) in [4.78, 5) is 11.5. The molecule has 1 aliphatic carbocycles. The number of aryl methyl sites for hydroxylation is 1. The number of thioether (sulfide) groups is 1. The maximum atomic E-state index is 13.5. The molecular weight excluding hydrogens is 343 g/mol. The average molecular weight is 354 g/mol. The van der Waals surface area contributed by atoms with Gasteiger partial charge in [-0.15, -0.1) is 28.5 Å². The Hall–Kier alpha value is -1.55. The monoisotopic (exact) mass is 353 g/mol. The van der Waals surface area contributed by atoms with Gasteiger partial charge in [0, 0.05) is 12.6 Å². The summed E-state index contributed by atoms with van der Waals surface area (Å²) >= 11 is 7.02. The van der Waals surface area contributed by atoms with Crippen LogP contribution in [0.15, 0.2) is 23.3 Å². The minimum absolute atomic E-state index is 0.115. The van der Waals surface area contributed by atoms with Crippen molar-refractivity contribution in [2.45, 2.75) is 16.3 Å². The lowest BCUT2D eigenvalue weighted by Gasteiger charge is -2.39. The van der Waals surface area contributed by atoms with E-state index in [-0.39, 0.29) is 11.4 Å². The normalized spacial score (nSPS) is 25.6. The molecule has 1 aliphatic rings. The van der Waals surface area contributed by atoms with E-state index >= 15 is 0 Å². The van der Waals surface area contributed by atoms with Crippen molar-refractivity contribution in [1.29, 1.82) is 0 Å². The van der Waals surface area contributed by atoms with E-state index in [1.165, 1.54) is 13.3 Å². The molecule has 0 fully saturated rings. The summed E-state index contributed by atoms with van der Waals surface area (Å²) < 4.78 is 39.7. The van der Waals surface area contributed by atoms with Gasteiger partial charge in [-0.3, -0.25) is 4.79 Å². The predicted molar refractivity (Wildman–Crippen MR) is 75.0 cm³/mol. The second-order valence-electron chi connectivity index (χ2n) is 4.49. The first kappa shape index (κ1) is 16.8. The van der Waals surface area contributed by atoms with Crippen molar-refractivity contribution in [3.8, 4) is 0 Å². The molecule has 0 saturated heterocycles. The Labute approximate surface area is 132 Å². The molecule has 1 heterocycles. The number of allylic oxidation sites excluding steroid dienone is 2. The van der Waals surface area contributed by atoms with Crippen LogP contribution in [0.4, 0.5) is 13.2 Å². The molecule has 1 aromatic rings. The lowest BCUT2D eigenvalue weighted by Crippen LogP contribution is -2.46. The van der Waals surface area contributed by atoms with Crippen LogP contribution in [0.5, 0.6) is 0 Å². The number of hydrogen-bond acceptors (Lipinski definition) is 5. The topological polar surface area (TPSA) is 86.7 Å². The van der Waals surface area contributed by atoms with E-state index in [1.54, 1.807) is 0 Å². The number of aromatic nitrogens is 4. The van der Waals surface area contributed by atoms with Crippen molar-refractivity contribution < 1.29 is 18.0 Å². The van der Waals surface area contributed by atoms with Crippen LogP contribution in [-0.2, 0) is 16.6 Å². The molecule has 1 amide bonds. The zero-order valence-electron chi connectivity index (χ0n) is 11.4. The molecule has 2 rings (SSSR count). The highest BCUT2D eigenvalue weighted by molar-refractivity contribution is 7.99. The van der Waals surface area contributed by atoms with E-state index in [1.807, 2.05) is 0 Å². The minimum Gasteiger partial charge on any atom is -0.366 e. The molecule has 0 aliphatic heterocycles. The molecule has 0 bridgehead atoms. The molecule has 0 aromatic carbocycles. The summed E-state index contributed by atoms with van der Waals surface area (Å²) in [7, 11) is 1.40. The van der Waals surface area contributed by atoms with Gasteiger partial charge in [0.15, 0.2) is 5.82 Å². The van der Waals surface area contributed by atoms with Crippen LogP contribution in [-0.4, -0.2) is 43.9 Å². The van der Waals surface area contributed by atoms with Crippen LogP contribution in [0.25, 0.3) is 0 Å². The second-order valence-corrected chi connectivity index (χ2v) is 5.98. The number of amides is 1. The number of nitrogens with zero attached hydrogens (tertiary/aromatic N) is 4. The van der Waals surface area contributed by atoms with Crippen molar-refractivity contribution in [2.24, 2.45) is 12.8 Å². The van der Waals surface area contributed by atoms with Crippen molar-refractivity contribution in [3.05, 3.63) is 29.1 Å². The molecular formula is C11H11ClF3N5OS. The first-order valence-corrected chi connectivity index (χ1v) is 7.53. The fraction of sp³-hybridized carbons (Fsp3) is 0.455. The number of rotatable bonds is 3. The number of halogens is 4. The Kier molecular flexibility index (Phi) is 4.26. The summed E-state index contributed by atoms with van der Waals surface area (Å²) in [6, 6.07) is 0. The van der Waals surface area contributed by atoms with Crippen molar-refractivity contribution in [3.63, 3.8) is 0 Å². The number of carbonyl (C=O) groups excluding carboxylic acids is 1. The summed E-state index contributed by atoms with van der Waals surface area (Å²) in [6.07, 6.45) is -1.46. The largest absolute Gasteiger partial charge is 0.414 e. The zero-order chi connectivity index (χ0) is 16.7. The van der Waals surface area contributed by atoms with E-state index in [0.29, 0.717) is 0 Å². The standard InChI is InChI=1S/C11H11ClF3N5OS/c1-20-9(17-18-19-20)10(22-2)6(11(13,14)15)4-3-5(7(10)12)8(16)21/h3-4,7H,1-2H3,(H2,16,21). The Balaban J connectivity index is 2.78. The molecule has 2 unspecified atom stereocenters. The molecule has 2 N–H and O–H groups in total. The molecule has 6 nitrogen and oxygen atoms in total.